The van der Waals surface area contributed by atoms with Gasteiger partial charge in [0.25, 0.3) is 5.91 Å². The number of ether oxygens (including phenoxy) is 1. The van der Waals surface area contributed by atoms with Crippen LogP contribution in [0.2, 0.25) is 0 Å². The first-order valence-electron chi connectivity index (χ1n) is 8.47. The molecule has 0 saturated heterocycles. The van der Waals surface area contributed by atoms with Gasteiger partial charge in [-0.25, -0.2) is 4.79 Å². The highest BCUT2D eigenvalue weighted by Crippen LogP contribution is 2.27. The third kappa shape index (κ3) is 2.88. The minimum atomic E-state index is -0.589. The Hall–Kier alpha value is -3.34. The van der Waals surface area contributed by atoms with Crippen molar-refractivity contribution in [1.82, 2.24) is 0 Å². The maximum atomic E-state index is 12.5. The number of amides is 1. The number of rotatable bonds is 3. The van der Waals surface area contributed by atoms with E-state index in [1.807, 2.05) is 48.5 Å². The van der Waals surface area contributed by atoms with Gasteiger partial charge in [0.15, 0.2) is 6.61 Å². The van der Waals surface area contributed by atoms with E-state index in [4.69, 9.17) is 10.5 Å². The number of fused-ring (bicyclic) bond motifs is 2. The number of nitrogens with two attached hydrogens (primary N) is 1. The van der Waals surface area contributed by atoms with Crippen LogP contribution in [0, 0.1) is 0 Å². The molecule has 0 spiro atoms. The van der Waals surface area contributed by atoms with Crippen LogP contribution in [0.3, 0.4) is 0 Å². The molecule has 0 bridgehead atoms. The second-order valence-corrected chi connectivity index (χ2v) is 6.29. The lowest BCUT2D eigenvalue weighted by molar-refractivity contribution is -0.121. The van der Waals surface area contributed by atoms with Crippen molar-refractivity contribution in [3.63, 3.8) is 0 Å². The minimum Gasteiger partial charge on any atom is -0.452 e. The number of esters is 1. The molecular weight excluding hydrogens is 328 g/mol. The van der Waals surface area contributed by atoms with Crippen molar-refractivity contribution in [2.24, 2.45) is 0 Å². The monoisotopic (exact) mass is 346 g/mol. The summed E-state index contributed by atoms with van der Waals surface area (Å²) in [6, 6.07) is 18.8. The smallest absolute Gasteiger partial charge is 0.340 e. The van der Waals surface area contributed by atoms with Crippen molar-refractivity contribution in [3.8, 4) is 0 Å². The van der Waals surface area contributed by atoms with Gasteiger partial charge in [-0.1, -0.05) is 42.5 Å². The molecule has 2 N–H and O–H groups in total. The van der Waals surface area contributed by atoms with Crippen LogP contribution in [0.15, 0.2) is 60.7 Å². The number of nitrogen functional groups attached to an aromatic ring is 1. The number of carbonyl (C=O) groups is 2. The summed E-state index contributed by atoms with van der Waals surface area (Å²) in [6.07, 6.45) is 0.813. The number of nitrogens with zero attached hydrogens (tertiary/aromatic N) is 1. The molecule has 0 aliphatic carbocycles. The van der Waals surface area contributed by atoms with Gasteiger partial charge in [0.2, 0.25) is 0 Å². The molecule has 1 aliphatic heterocycles. The van der Waals surface area contributed by atoms with Gasteiger partial charge in [0.05, 0.1) is 5.56 Å². The Bertz CT molecular complexity index is 1010. The molecule has 4 rings (SSSR count). The molecular formula is C21H18N2O3. The largest absolute Gasteiger partial charge is 0.452 e. The molecule has 5 nitrogen and oxygen atoms in total. The maximum Gasteiger partial charge on any atom is 0.340 e. The molecule has 0 atom stereocenters. The van der Waals surface area contributed by atoms with Crippen LogP contribution in [0.25, 0.3) is 10.8 Å². The number of carbonyl (C=O) groups excluding carboxylic acids is 2. The van der Waals surface area contributed by atoms with Crippen LogP contribution < -0.4 is 10.6 Å². The molecule has 1 aliphatic rings. The first kappa shape index (κ1) is 16.1. The highest BCUT2D eigenvalue weighted by Gasteiger charge is 2.25. The van der Waals surface area contributed by atoms with Crippen LogP contribution >= 0.6 is 0 Å². The van der Waals surface area contributed by atoms with Crippen molar-refractivity contribution in [3.05, 3.63) is 71.8 Å². The predicted molar refractivity (Wildman–Crippen MR) is 101 cm³/mol. The molecule has 0 fully saturated rings. The molecule has 130 valence electrons. The summed E-state index contributed by atoms with van der Waals surface area (Å²) in [5.74, 6) is -0.822. The maximum absolute atomic E-state index is 12.5. The Morgan fingerprint density at radius 3 is 2.50 bits per heavy atom. The zero-order chi connectivity index (χ0) is 18.1. The third-order valence-corrected chi connectivity index (χ3v) is 4.65. The van der Waals surface area contributed by atoms with Gasteiger partial charge in [-0.05, 0) is 41.0 Å². The summed E-state index contributed by atoms with van der Waals surface area (Å²) < 4.78 is 5.24. The van der Waals surface area contributed by atoms with E-state index in [-0.39, 0.29) is 18.1 Å². The van der Waals surface area contributed by atoms with Crippen molar-refractivity contribution in [2.45, 2.75) is 6.42 Å². The van der Waals surface area contributed by atoms with Crippen molar-refractivity contribution in [1.29, 1.82) is 0 Å². The summed E-state index contributed by atoms with van der Waals surface area (Å²) in [6.45, 7) is 0.299. The van der Waals surface area contributed by atoms with E-state index < -0.39 is 5.97 Å². The lowest BCUT2D eigenvalue weighted by Gasteiger charge is -2.17. The van der Waals surface area contributed by atoms with Gasteiger partial charge < -0.3 is 15.4 Å². The zero-order valence-electron chi connectivity index (χ0n) is 14.1. The summed E-state index contributed by atoms with van der Waals surface area (Å²) in [7, 11) is 0. The normalized spacial score (nSPS) is 12.8. The molecule has 0 saturated carbocycles. The van der Waals surface area contributed by atoms with Gasteiger partial charge in [0.1, 0.15) is 0 Å². The number of anilines is 2. The Balaban J connectivity index is 1.48. The molecule has 0 unspecified atom stereocenters. The molecule has 5 heteroatoms. The van der Waals surface area contributed by atoms with Crippen LogP contribution in [0.1, 0.15) is 15.9 Å². The lowest BCUT2D eigenvalue weighted by Crippen LogP contribution is -2.33. The summed E-state index contributed by atoms with van der Waals surface area (Å²) in [5, 5.41) is 1.85. The topological polar surface area (TPSA) is 72.6 Å². The summed E-state index contributed by atoms with van der Waals surface area (Å²) in [4.78, 5) is 26.5. The van der Waals surface area contributed by atoms with Gasteiger partial charge in [-0.2, -0.15) is 0 Å². The van der Waals surface area contributed by atoms with Gasteiger partial charge in [0, 0.05) is 17.9 Å². The first-order valence-corrected chi connectivity index (χ1v) is 8.47. The molecule has 0 radical (unpaired) electrons. The molecule has 3 aromatic carbocycles. The standard InChI is InChI=1S/C21H18N2O3/c22-18-12-16-7-2-1-6-15(16)11-17(18)21(25)26-13-20(24)23-10-9-14-5-3-4-8-19(14)23/h1-8,11-12H,9-10,13,22H2. The summed E-state index contributed by atoms with van der Waals surface area (Å²) in [5.41, 5.74) is 8.62. The fourth-order valence-electron chi connectivity index (χ4n) is 3.31. The molecule has 26 heavy (non-hydrogen) atoms. The van der Waals surface area contributed by atoms with Crippen LogP contribution in [-0.2, 0) is 16.0 Å². The Labute approximate surface area is 151 Å². The number of hydrogen-bond donors (Lipinski definition) is 1. The van der Waals surface area contributed by atoms with Crippen LogP contribution in [-0.4, -0.2) is 25.0 Å². The average molecular weight is 346 g/mol. The number of para-hydroxylation sites is 1. The van der Waals surface area contributed by atoms with E-state index in [9.17, 15) is 9.59 Å². The Morgan fingerprint density at radius 1 is 1.00 bits per heavy atom. The minimum absolute atomic E-state index is 0.234. The second-order valence-electron chi connectivity index (χ2n) is 6.29. The SMILES string of the molecule is Nc1cc2ccccc2cc1C(=O)OCC(=O)N1CCc2ccccc21. The Kier molecular flexibility index (Phi) is 4.05. The predicted octanol–water partition coefficient (Wildman–Crippen LogP) is 3.17. The van der Waals surface area contributed by atoms with Crippen LogP contribution in [0.5, 0.6) is 0 Å². The van der Waals surface area contributed by atoms with E-state index in [0.29, 0.717) is 12.2 Å². The first-order chi connectivity index (χ1) is 12.6. The van der Waals surface area contributed by atoms with Crippen molar-refractivity contribution >= 4 is 34.0 Å². The van der Waals surface area contributed by atoms with Gasteiger partial charge in [-0.15, -0.1) is 0 Å². The van der Waals surface area contributed by atoms with Crippen LogP contribution in [0.4, 0.5) is 11.4 Å². The average Bonchev–Trinajstić information content (AvgIpc) is 3.09. The molecule has 1 amide bonds. The summed E-state index contributed by atoms with van der Waals surface area (Å²) >= 11 is 0. The van der Waals surface area contributed by atoms with Gasteiger partial charge in [-0.3, -0.25) is 4.79 Å². The lowest BCUT2D eigenvalue weighted by atomic mass is 10.1. The molecule has 3 aromatic rings. The fraction of sp³-hybridized carbons (Fsp3) is 0.143. The van der Waals surface area contributed by atoms with E-state index in [1.165, 1.54) is 0 Å². The van der Waals surface area contributed by atoms with Crippen molar-refractivity contribution in [2.75, 3.05) is 23.8 Å². The highest BCUT2D eigenvalue weighted by atomic mass is 16.5. The van der Waals surface area contributed by atoms with E-state index in [2.05, 4.69) is 0 Å². The van der Waals surface area contributed by atoms with E-state index in [0.717, 1.165) is 28.4 Å². The van der Waals surface area contributed by atoms with E-state index >= 15 is 0 Å². The highest BCUT2D eigenvalue weighted by molar-refractivity contribution is 6.03. The number of hydrogen-bond acceptors (Lipinski definition) is 4. The molecule has 0 aromatic heterocycles. The zero-order valence-corrected chi connectivity index (χ0v) is 14.1. The van der Waals surface area contributed by atoms with Crippen molar-refractivity contribution < 1.29 is 14.3 Å². The van der Waals surface area contributed by atoms with Gasteiger partial charge >= 0.3 is 5.97 Å². The molecule has 1 heterocycles. The second kappa shape index (κ2) is 6.52. The fourth-order valence-corrected chi connectivity index (χ4v) is 3.31. The third-order valence-electron chi connectivity index (χ3n) is 4.65. The Morgan fingerprint density at radius 2 is 1.69 bits per heavy atom. The van der Waals surface area contributed by atoms with E-state index in [1.54, 1.807) is 17.0 Å². The quantitative estimate of drug-likeness (QED) is 0.584. The number of benzene rings is 3.